The monoisotopic (exact) mass is 392 g/mol. The molecule has 0 saturated heterocycles. The van der Waals surface area contributed by atoms with E-state index in [0.29, 0.717) is 16.8 Å². The zero-order valence-electron chi connectivity index (χ0n) is 15.2. The van der Waals surface area contributed by atoms with E-state index in [9.17, 15) is 4.79 Å². The smallest absolute Gasteiger partial charge is 0.230 e. The molecule has 1 heterocycles. The van der Waals surface area contributed by atoms with Crippen LogP contribution < -0.4 is 5.32 Å². The Morgan fingerprint density at radius 2 is 1.92 bits per heavy atom. The van der Waals surface area contributed by atoms with Gasteiger partial charge in [0.25, 0.3) is 0 Å². The van der Waals surface area contributed by atoms with Gasteiger partial charge < -0.3 is 9.88 Å². The van der Waals surface area contributed by atoms with Gasteiger partial charge in [-0.3, -0.25) is 4.79 Å². The average Bonchev–Trinajstić information content (AvgIpc) is 3.05. The number of amides is 1. The summed E-state index contributed by atoms with van der Waals surface area (Å²) >= 11 is 7.40. The van der Waals surface area contributed by atoms with Crippen molar-refractivity contribution in [2.24, 2.45) is 5.92 Å². The lowest BCUT2D eigenvalue weighted by Gasteiger charge is -2.26. The first kappa shape index (κ1) is 19.2. The largest absolute Gasteiger partial charge is 0.353 e. The van der Waals surface area contributed by atoms with Crippen molar-refractivity contribution in [1.82, 2.24) is 20.1 Å². The first-order valence-electron chi connectivity index (χ1n) is 9.18. The number of rotatable bonds is 6. The van der Waals surface area contributed by atoms with Gasteiger partial charge in [0.05, 0.1) is 5.75 Å². The highest BCUT2D eigenvalue weighted by molar-refractivity contribution is 7.99. The van der Waals surface area contributed by atoms with E-state index in [0.717, 1.165) is 41.8 Å². The van der Waals surface area contributed by atoms with Crippen molar-refractivity contribution >= 4 is 29.3 Å². The minimum Gasteiger partial charge on any atom is -0.353 e. The number of carbonyl (C=O) groups excluding carboxylic acids is 1. The first-order chi connectivity index (χ1) is 12.6. The molecule has 1 aliphatic carbocycles. The first-order valence-corrected chi connectivity index (χ1v) is 10.5. The van der Waals surface area contributed by atoms with Gasteiger partial charge >= 0.3 is 0 Å². The van der Waals surface area contributed by atoms with Crippen LogP contribution in [0.4, 0.5) is 0 Å². The van der Waals surface area contributed by atoms with Crippen LogP contribution in [0.3, 0.4) is 0 Å². The summed E-state index contributed by atoms with van der Waals surface area (Å²) in [4.78, 5) is 12.3. The molecule has 2 aromatic rings. The van der Waals surface area contributed by atoms with Gasteiger partial charge in [0.1, 0.15) is 0 Å². The summed E-state index contributed by atoms with van der Waals surface area (Å²) in [5, 5.41) is 13.2. The predicted octanol–water partition coefficient (Wildman–Crippen LogP) is 4.41. The number of hydrogen-bond donors (Lipinski definition) is 1. The number of thioether (sulfide) groups is 1. The van der Waals surface area contributed by atoms with Gasteiger partial charge in [-0.2, -0.15) is 0 Å². The van der Waals surface area contributed by atoms with Crippen molar-refractivity contribution in [3.63, 3.8) is 0 Å². The molecule has 0 radical (unpaired) electrons. The van der Waals surface area contributed by atoms with E-state index in [-0.39, 0.29) is 5.91 Å². The molecule has 1 amide bonds. The van der Waals surface area contributed by atoms with Gasteiger partial charge in [-0.1, -0.05) is 30.3 Å². The molecule has 1 aromatic carbocycles. The molecule has 1 saturated carbocycles. The van der Waals surface area contributed by atoms with Crippen molar-refractivity contribution in [3.05, 3.63) is 29.3 Å². The maximum absolute atomic E-state index is 12.3. The third kappa shape index (κ3) is 4.80. The Labute approximate surface area is 163 Å². The quantitative estimate of drug-likeness (QED) is 0.740. The van der Waals surface area contributed by atoms with Crippen LogP contribution in [-0.4, -0.2) is 32.5 Å². The minimum absolute atomic E-state index is 0.0771. The van der Waals surface area contributed by atoms with Gasteiger partial charge in [0.15, 0.2) is 11.0 Å². The molecular formula is C19H25ClN4OS. The molecule has 0 atom stereocenters. The van der Waals surface area contributed by atoms with Crippen LogP contribution in [0.5, 0.6) is 0 Å². The van der Waals surface area contributed by atoms with Gasteiger partial charge in [-0.25, -0.2) is 0 Å². The molecule has 1 aromatic heterocycles. The Hall–Kier alpha value is -1.53. The third-order valence-electron chi connectivity index (χ3n) is 4.85. The van der Waals surface area contributed by atoms with Crippen LogP contribution in [0.2, 0.25) is 5.02 Å². The third-order valence-corrected chi connectivity index (χ3v) is 6.07. The second kappa shape index (κ2) is 8.91. The normalized spacial score (nSPS) is 20.1. The lowest BCUT2D eigenvalue weighted by molar-refractivity contribution is -0.119. The zero-order chi connectivity index (χ0) is 18.5. The number of carbonyl (C=O) groups is 1. The van der Waals surface area contributed by atoms with E-state index in [1.807, 2.05) is 28.8 Å². The Morgan fingerprint density at radius 3 is 2.58 bits per heavy atom. The molecular weight excluding hydrogens is 368 g/mol. The number of hydrogen-bond acceptors (Lipinski definition) is 4. The second-order valence-electron chi connectivity index (χ2n) is 6.87. The average molecular weight is 393 g/mol. The Morgan fingerprint density at radius 1 is 1.23 bits per heavy atom. The van der Waals surface area contributed by atoms with Crippen molar-refractivity contribution < 1.29 is 4.79 Å². The van der Waals surface area contributed by atoms with E-state index in [1.165, 1.54) is 24.6 Å². The van der Waals surface area contributed by atoms with Gasteiger partial charge in [-0.15, -0.1) is 10.2 Å². The van der Waals surface area contributed by atoms with E-state index in [4.69, 9.17) is 11.6 Å². The van der Waals surface area contributed by atoms with E-state index in [2.05, 4.69) is 29.4 Å². The summed E-state index contributed by atoms with van der Waals surface area (Å²) in [6.45, 7) is 5.08. The van der Waals surface area contributed by atoms with Crippen molar-refractivity contribution in [1.29, 1.82) is 0 Å². The van der Waals surface area contributed by atoms with Crippen LogP contribution in [0.25, 0.3) is 11.4 Å². The molecule has 140 valence electrons. The van der Waals surface area contributed by atoms with Crippen molar-refractivity contribution in [2.45, 2.75) is 57.3 Å². The summed E-state index contributed by atoms with van der Waals surface area (Å²) in [7, 11) is 0. The maximum atomic E-state index is 12.3. The van der Waals surface area contributed by atoms with Crippen LogP contribution in [-0.2, 0) is 11.3 Å². The van der Waals surface area contributed by atoms with E-state index in [1.54, 1.807) is 0 Å². The number of benzene rings is 1. The lowest BCUT2D eigenvalue weighted by Crippen LogP contribution is -2.38. The SMILES string of the molecule is CCn1c(SCC(=O)NC2CCC(C)CC2)nnc1-c1ccc(Cl)cc1. The van der Waals surface area contributed by atoms with Crippen LogP contribution in [0, 0.1) is 5.92 Å². The molecule has 0 spiro atoms. The summed E-state index contributed by atoms with van der Waals surface area (Å²) in [5.74, 6) is 2.03. The highest BCUT2D eigenvalue weighted by Crippen LogP contribution is 2.26. The maximum Gasteiger partial charge on any atom is 0.230 e. The number of nitrogens with zero attached hydrogens (tertiary/aromatic N) is 3. The van der Waals surface area contributed by atoms with Gasteiger partial charge in [-0.05, 0) is 62.8 Å². The highest BCUT2D eigenvalue weighted by Gasteiger charge is 2.20. The predicted molar refractivity (Wildman–Crippen MR) is 106 cm³/mol. The molecule has 3 rings (SSSR count). The molecule has 5 nitrogen and oxygen atoms in total. The van der Waals surface area contributed by atoms with Crippen molar-refractivity contribution in [2.75, 3.05) is 5.75 Å². The molecule has 1 aliphatic rings. The van der Waals surface area contributed by atoms with Gasteiger partial charge in [0, 0.05) is 23.2 Å². The Bertz CT molecular complexity index is 738. The summed E-state index contributed by atoms with van der Waals surface area (Å²) in [5.41, 5.74) is 0.969. The van der Waals surface area contributed by atoms with Crippen LogP contribution in [0.15, 0.2) is 29.4 Å². The van der Waals surface area contributed by atoms with Gasteiger partial charge in [0.2, 0.25) is 5.91 Å². The highest BCUT2D eigenvalue weighted by atomic mass is 35.5. The van der Waals surface area contributed by atoms with E-state index < -0.39 is 0 Å². The molecule has 7 heteroatoms. The molecule has 0 unspecified atom stereocenters. The lowest BCUT2D eigenvalue weighted by atomic mass is 9.87. The minimum atomic E-state index is 0.0771. The Balaban J connectivity index is 1.59. The fourth-order valence-electron chi connectivity index (χ4n) is 3.30. The summed E-state index contributed by atoms with van der Waals surface area (Å²) in [6.07, 6.45) is 4.58. The Kier molecular flexibility index (Phi) is 6.59. The fourth-order valence-corrected chi connectivity index (χ4v) is 4.24. The van der Waals surface area contributed by atoms with Crippen LogP contribution in [0.1, 0.15) is 39.5 Å². The number of aromatic nitrogens is 3. The standard InChI is InChI=1S/C19H25ClN4OS/c1-3-24-18(14-6-8-15(20)9-7-14)22-23-19(24)26-12-17(25)21-16-10-4-13(2)5-11-16/h6-9,13,16H,3-5,10-12H2,1-2H3,(H,21,25). The zero-order valence-corrected chi connectivity index (χ0v) is 16.8. The number of nitrogens with one attached hydrogen (secondary N) is 1. The molecule has 26 heavy (non-hydrogen) atoms. The summed E-state index contributed by atoms with van der Waals surface area (Å²) in [6, 6.07) is 7.88. The van der Waals surface area contributed by atoms with E-state index >= 15 is 0 Å². The molecule has 0 bridgehead atoms. The summed E-state index contributed by atoms with van der Waals surface area (Å²) < 4.78 is 2.03. The topological polar surface area (TPSA) is 59.8 Å². The fraction of sp³-hybridized carbons (Fsp3) is 0.526. The number of halogens is 1. The second-order valence-corrected chi connectivity index (χ2v) is 8.25. The van der Waals surface area contributed by atoms with Crippen LogP contribution >= 0.6 is 23.4 Å². The van der Waals surface area contributed by atoms with Crippen molar-refractivity contribution in [3.8, 4) is 11.4 Å². The molecule has 0 aliphatic heterocycles. The molecule has 1 fully saturated rings. The molecule has 1 N–H and O–H groups in total.